The summed E-state index contributed by atoms with van der Waals surface area (Å²) < 4.78 is 24.1. The zero-order valence-corrected chi connectivity index (χ0v) is 11.4. The maximum atomic E-state index is 13.8. The first-order valence-electron chi connectivity index (χ1n) is 5.84. The lowest BCUT2D eigenvalue weighted by Crippen LogP contribution is -1.94. The Morgan fingerprint density at radius 2 is 1.61 bits per heavy atom. The first-order chi connectivity index (χ1) is 8.67. The van der Waals surface area contributed by atoms with Crippen LogP contribution in [0, 0.1) is 12.7 Å². The van der Waals surface area contributed by atoms with Crippen molar-refractivity contribution in [2.24, 2.45) is 0 Å². The molecule has 18 heavy (non-hydrogen) atoms. The minimum absolute atomic E-state index is 0.272. The predicted octanol–water partition coefficient (Wildman–Crippen LogP) is 3.73. The number of nitrogens with zero attached hydrogens (tertiary/aromatic N) is 1. The van der Waals surface area contributed by atoms with E-state index in [4.69, 9.17) is 9.47 Å². The Morgan fingerprint density at radius 1 is 1.06 bits per heavy atom. The minimum atomic E-state index is -0.272. The van der Waals surface area contributed by atoms with E-state index in [9.17, 15) is 4.39 Å². The van der Waals surface area contributed by atoms with Gasteiger partial charge < -0.3 is 9.47 Å². The number of halogens is 1. The van der Waals surface area contributed by atoms with Crippen molar-refractivity contribution in [1.82, 2.24) is 4.98 Å². The van der Waals surface area contributed by atoms with Crippen LogP contribution in [-0.2, 0) is 0 Å². The van der Waals surface area contributed by atoms with Crippen molar-refractivity contribution in [3.8, 4) is 11.5 Å². The molecular formula is C14H18FNO2. The molecule has 0 radical (unpaired) electrons. The second kappa shape index (κ2) is 6.19. The maximum Gasteiger partial charge on any atom is 0.162 e. The van der Waals surface area contributed by atoms with Crippen LogP contribution in [0.4, 0.5) is 4.39 Å². The number of methoxy groups -OCH3 is 2. The van der Waals surface area contributed by atoms with Crippen LogP contribution in [0.2, 0.25) is 0 Å². The van der Waals surface area contributed by atoms with Crippen molar-refractivity contribution in [1.29, 1.82) is 0 Å². The fourth-order valence-electron chi connectivity index (χ4n) is 1.59. The van der Waals surface area contributed by atoms with E-state index >= 15 is 0 Å². The van der Waals surface area contributed by atoms with E-state index in [0.29, 0.717) is 28.0 Å². The van der Waals surface area contributed by atoms with E-state index in [0.717, 1.165) is 0 Å². The van der Waals surface area contributed by atoms with Crippen LogP contribution in [0.25, 0.3) is 10.9 Å². The van der Waals surface area contributed by atoms with Crippen LogP contribution >= 0.6 is 0 Å². The van der Waals surface area contributed by atoms with E-state index in [1.807, 2.05) is 13.8 Å². The number of aromatic nitrogens is 1. The third kappa shape index (κ3) is 2.53. The summed E-state index contributed by atoms with van der Waals surface area (Å²) in [7, 11) is 3.05. The van der Waals surface area contributed by atoms with Gasteiger partial charge in [-0.15, -0.1) is 0 Å². The van der Waals surface area contributed by atoms with Gasteiger partial charge in [-0.1, -0.05) is 13.8 Å². The molecule has 0 aliphatic heterocycles. The number of hydrogen-bond acceptors (Lipinski definition) is 3. The Hall–Kier alpha value is -1.84. The van der Waals surface area contributed by atoms with E-state index in [2.05, 4.69) is 4.98 Å². The Kier molecular flexibility index (Phi) is 4.89. The molecule has 0 spiro atoms. The normalized spacial score (nSPS) is 9.67. The monoisotopic (exact) mass is 251 g/mol. The topological polar surface area (TPSA) is 31.4 Å². The molecule has 0 aliphatic rings. The molecule has 2 aromatic rings. The Bertz CT molecular complexity index is 541. The molecule has 3 nitrogen and oxygen atoms in total. The van der Waals surface area contributed by atoms with Gasteiger partial charge in [0.25, 0.3) is 0 Å². The Labute approximate surface area is 107 Å². The van der Waals surface area contributed by atoms with Crippen LogP contribution in [0.5, 0.6) is 11.5 Å². The molecule has 1 aromatic heterocycles. The van der Waals surface area contributed by atoms with Gasteiger partial charge in [0.1, 0.15) is 5.82 Å². The highest BCUT2D eigenvalue weighted by molar-refractivity contribution is 5.83. The standard InChI is InChI=1S/C12H12FNO2.C2H6/c1-7-6-14-9-5-11(16-3)10(15-2)4-8(9)12(7)13;1-2/h4-6H,1-3H3;1-2H3. The summed E-state index contributed by atoms with van der Waals surface area (Å²) in [6.07, 6.45) is 1.50. The van der Waals surface area contributed by atoms with E-state index in [1.54, 1.807) is 19.1 Å². The van der Waals surface area contributed by atoms with Crippen LogP contribution in [0.15, 0.2) is 18.3 Å². The molecule has 2 rings (SSSR count). The van der Waals surface area contributed by atoms with Gasteiger partial charge in [-0.3, -0.25) is 4.98 Å². The summed E-state index contributed by atoms with van der Waals surface area (Å²) in [5.74, 6) is 0.776. The number of rotatable bonds is 2. The third-order valence-corrected chi connectivity index (χ3v) is 2.48. The number of pyridine rings is 1. The predicted molar refractivity (Wildman–Crippen MR) is 70.9 cm³/mol. The molecule has 0 N–H and O–H groups in total. The molecule has 0 unspecified atom stereocenters. The minimum Gasteiger partial charge on any atom is -0.493 e. The fourth-order valence-corrected chi connectivity index (χ4v) is 1.59. The quantitative estimate of drug-likeness (QED) is 0.815. The van der Waals surface area contributed by atoms with Crippen molar-refractivity contribution in [3.63, 3.8) is 0 Å². The molecule has 0 atom stereocenters. The summed E-state index contributed by atoms with van der Waals surface area (Å²) in [4.78, 5) is 4.15. The lowest BCUT2D eigenvalue weighted by atomic mass is 10.1. The van der Waals surface area contributed by atoms with Gasteiger partial charge in [0.2, 0.25) is 0 Å². The lowest BCUT2D eigenvalue weighted by molar-refractivity contribution is 0.355. The van der Waals surface area contributed by atoms with E-state index < -0.39 is 0 Å². The lowest BCUT2D eigenvalue weighted by Gasteiger charge is -2.09. The van der Waals surface area contributed by atoms with Crippen molar-refractivity contribution in [2.45, 2.75) is 20.8 Å². The Balaban J connectivity index is 0.000000771. The zero-order chi connectivity index (χ0) is 13.7. The average Bonchev–Trinajstić information content (AvgIpc) is 2.44. The average molecular weight is 251 g/mol. The smallest absolute Gasteiger partial charge is 0.162 e. The summed E-state index contributed by atoms with van der Waals surface area (Å²) in [6.45, 7) is 5.68. The number of fused-ring (bicyclic) bond motifs is 1. The first-order valence-corrected chi connectivity index (χ1v) is 5.84. The van der Waals surface area contributed by atoms with Crippen LogP contribution in [0.1, 0.15) is 19.4 Å². The molecule has 0 saturated heterocycles. The van der Waals surface area contributed by atoms with Gasteiger partial charge in [0, 0.05) is 23.2 Å². The molecule has 1 heterocycles. The largest absolute Gasteiger partial charge is 0.493 e. The third-order valence-electron chi connectivity index (χ3n) is 2.48. The van der Waals surface area contributed by atoms with E-state index in [-0.39, 0.29) is 5.82 Å². The van der Waals surface area contributed by atoms with Crippen LogP contribution in [0.3, 0.4) is 0 Å². The van der Waals surface area contributed by atoms with Gasteiger partial charge in [-0.25, -0.2) is 4.39 Å². The first kappa shape index (κ1) is 14.2. The molecule has 1 aromatic carbocycles. The molecule has 0 amide bonds. The van der Waals surface area contributed by atoms with Crippen LogP contribution < -0.4 is 9.47 Å². The SMILES string of the molecule is CC.COc1cc2ncc(C)c(F)c2cc1OC. The van der Waals surface area contributed by atoms with Gasteiger partial charge in [-0.05, 0) is 13.0 Å². The Morgan fingerprint density at radius 3 is 2.17 bits per heavy atom. The fraction of sp³-hybridized carbons (Fsp3) is 0.357. The highest BCUT2D eigenvalue weighted by Gasteiger charge is 2.11. The van der Waals surface area contributed by atoms with Gasteiger partial charge >= 0.3 is 0 Å². The van der Waals surface area contributed by atoms with Gasteiger partial charge in [0.15, 0.2) is 11.5 Å². The summed E-state index contributed by atoms with van der Waals surface area (Å²) in [5.41, 5.74) is 1.07. The summed E-state index contributed by atoms with van der Waals surface area (Å²) in [5, 5.41) is 0.442. The molecule has 0 saturated carbocycles. The summed E-state index contributed by atoms with van der Waals surface area (Å²) in [6, 6.07) is 3.26. The number of ether oxygens (including phenoxy) is 2. The number of aryl methyl sites for hydroxylation is 1. The van der Waals surface area contributed by atoms with Crippen molar-refractivity contribution in [2.75, 3.05) is 14.2 Å². The zero-order valence-electron chi connectivity index (χ0n) is 11.4. The second-order valence-electron chi connectivity index (χ2n) is 3.48. The van der Waals surface area contributed by atoms with Crippen LogP contribution in [-0.4, -0.2) is 19.2 Å². The van der Waals surface area contributed by atoms with Crippen molar-refractivity contribution >= 4 is 10.9 Å². The molecule has 4 heteroatoms. The van der Waals surface area contributed by atoms with Gasteiger partial charge in [-0.2, -0.15) is 0 Å². The van der Waals surface area contributed by atoms with E-state index in [1.165, 1.54) is 20.4 Å². The molecule has 0 fully saturated rings. The number of hydrogen-bond donors (Lipinski definition) is 0. The molecular weight excluding hydrogens is 233 g/mol. The van der Waals surface area contributed by atoms with Gasteiger partial charge in [0.05, 0.1) is 19.7 Å². The molecule has 0 aliphatic carbocycles. The highest BCUT2D eigenvalue weighted by atomic mass is 19.1. The highest BCUT2D eigenvalue weighted by Crippen LogP contribution is 2.32. The van der Waals surface area contributed by atoms with Crippen molar-refractivity contribution < 1.29 is 13.9 Å². The van der Waals surface area contributed by atoms with Crippen molar-refractivity contribution in [3.05, 3.63) is 29.7 Å². The molecule has 98 valence electrons. The second-order valence-corrected chi connectivity index (χ2v) is 3.48. The maximum absolute atomic E-state index is 13.8. The molecule has 0 bridgehead atoms. The number of benzene rings is 1. The summed E-state index contributed by atoms with van der Waals surface area (Å²) >= 11 is 0.